The number of aromatic nitrogens is 2. The van der Waals surface area contributed by atoms with Crippen molar-refractivity contribution in [3.8, 4) is 11.3 Å². The summed E-state index contributed by atoms with van der Waals surface area (Å²) in [6.45, 7) is 0. The van der Waals surface area contributed by atoms with Gasteiger partial charge < -0.3 is 10.4 Å². The van der Waals surface area contributed by atoms with Gasteiger partial charge in [0, 0.05) is 37.0 Å². The van der Waals surface area contributed by atoms with Crippen molar-refractivity contribution in [3.63, 3.8) is 0 Å². The molecule has 25 heavy (non-hydrogen) atoms. The Morgan fingerprint density at radius 3 is 2.52 bits per heavy atom. The van der Waals surface area contributed by atoms with Crippen LogP contribution in [0.25, 0.3) is 11.3 Å². The first-order valence-electron chi connectivity index (χ1n) is 7.67. The number of carbonyl (C=O) groups excluding carboxylic acids is 1. The lowest BCUT2D eigenvalue weighted by Gasteiger charge is -2.32. The number of nitro groups is 1. The Kier molecular flexibility index (Phi) is 4.22. The summed E-state index contributed by atoms with van der Waals surface area (Å²) in [6, 6.07) is 5.63. The second kappa shape index (κ2) is 6.34. The Labute approximate surface area is 142 Å². The molecule has 2 N–H and O–H groups in total. The summed E-state index contributed by atoms with van der Waals surface area (Å²) in [5.41, 5.74) is 1.31. The van der Waals surface area contributed by atoms with E-state index in [0.29, 0.717) is 29.7 Å². The largest absolute Gasteiger partial charge is 0.481 e. The third-order valence-corrected chi connectivity index (χ3v) is 4.25. The number of hydrogen-bond acceptors (Lipinski definition) is 5. The van der Waals surface area contributed by atoms with E-state index in [4.69, 9.17) is 5.11 Å². The molecule has 9 nitrogen and oxygen atoms in total. The smallest absolute Gasteiger partial charge is 0.306 e. The summed E-state index contributed by atoms with van der Waals surface area (Å²) in [7, 11) is 1.68. The molecule has 1 saturated carbocycles. The number of aliphatic carboxylic acids is 1. The van der Waals surface area contributed by atoms with Crippen LogP contribution in [0.15, 0.2) is 30.5 Å². The summed E-state index contributed by atoms with van der Waals surface area (Å²) < 4.78 is 1.49. The molecule has 1 amide bonds. The van der Waals surface area contributed by atoms with Crippen LogP contribution >= 0.6 is 0 Å². The van der Waals surface area contributed by atoms with Crippen LogP contribution in [0.5, 0.6) is 0 Å². The standard InChI is InChI=1S/C16H16N4O5/c1-19-8-13(15(21)17-11-6-10(7-11)16(22)23)14(18-19)9-2-4-12(5-3-9)20(24)25/h2-5,8,10-11H,6-7H2,1H3,(H,17,21)(H,22,23). The van der Waals surface area contributed by atoms with Crippen LogP contribution in [0.1, 0.15) is 23.2 Å². The Morgan fingerprint density at radius 1 is 1.32 bits per heavy atom. The predicted molar refractivity (Wildman–Crippen MR) is 86.9 cm³/mol. The summed E-state index contributed by atoms with van der Waals surface area (Å²) in [6.07, 6.45) is 2.39. The highest BCUT2D eigenvalue weighted by Gasteiger charge is 2.35. The van der Waals surface area contributed by atoms with Gasteiger partial charge in [0.25, 0.3) is 11.6 Å². The van der Waals surface area contributed by atoms with Crippen LogP contribution in [0.4, 0.5) is 5.69 Å². The number of rotatable bonds is 5. The number of hydrogen-bond donors (Lipinski definition) is 2. The van der Waals surface area contributed by atoms with Crippen molar-refractivity contribution >= 4 is 17.6 Å². The molecule has 1 aromatic heterocycles. The van der Waals surface area contributed by atoms with Gasteiger partial charge >= 0.3 is 5.97 Å². The molecule has 0 unspecified atom stereocenters. The van der Waals surface area contributed by atoms with Crippen LogP contribution in [-0.2, 0) is 11.8 Å². The maximum atomic E-state index is 12.5. The van der Waals surface area contributed by atoms with Crippen molar-refractivity contribution in [3.05, 3.63) is 46.1 Å². The van der Waals surface area contributed by atoms with Gasteiger partial charge in [-0.15, -0.1) is 0 Å². The Balaban J connectivity index is 1.77. The maximum absolute atomic E-state index is 12.5. The number of non-ortho nitro benzene ring substituents is 1. The Morgan fingerprint density at radius 2 is 1.96 bits per heavy atom. The third-order valence-electron chi connectivity index (χ3n) is 4.25. The van der Waals surface area contributed by atoms with Crippen LogP contribution < -0.4 is 5.32 Å². The molecule has 0 bridgehead atoms. The van der Waals surface area contributed by atoms with Crippen molar-refractivity contribution in [2.24, 2.45) is 13.0 Å². The molecule has 1 fully saturated rings. The first kappa shape index (κ1) is 16.6. The number of carboxylic acids is 1. The molecule has 0 aliphatic heterocycles. The van der Waals surface area contributed by atoms with E-state index in [0.717, 1.165) is 0 Å². The fraction of sp³-hybridized carbons (Fsp3) is 0.312. The molecule has 0 saturated heterocycles. The zero-order valence-electron chi connectivity index (χ0n) is 13.4. The third kappa shape index (κ3) is 3.35. The minimum absolute atomic E-state index is 0.0418. The lowest BCUT2D eigenvalue weighted by atomic mass is 9.80. The van der Waals surface area contributed by atoms with Crippen molar-refractivity contribution in [1.82, 2.24) is 15.1 Å². The number of nitro benzene ring substituents is 1. The van der Waals surface area contributed by atoms with Crippen LogP contribution in [-0.4, -0.2) is 37.7 Å². The summed E-state index contributed by atoms with van der Waals surface area (Å²) >= 11 is 0. The van der Waals surface area contributed by atoms with E-state index < -0.39 is 16.8 Å². The number of nitrogens with zero attached hydrogens (tertiary/aromatic N) is 3. The fourth-order valence-corrected chi connectivity index (χ4v) is 2.81. The zero-order chi connectivity index (χ0) is 18.1. The highest BCUT2D eigenvalue weighted by molar-refractivity contribution is 6.00. The molecule has 1 heterocycles. The topological polar surface area (TPSA) is 127 Å². The van der Waals surface area contributed by atoms with Gasteiger partial charge in [0.15, 0.2) is 0 Å². The van der Waals surface area contributed by atoms with Crippen molar-refractivity contribution in [2.75, 3.05) is 0 Å². The fourth-order valence-electron chi connectivity index (χ4n) is 2.81. The van der Waals surface area contributed by atoms with E-state index in [1.807, 2.05) is 0 Å². The molecule has 2 aromatic rings. The number of carbonyl (C=O) groups is 2. The Hall–Kier alpha value is -3.23. The van der Waals surface area contributed by atoms with Gasteiger partial charge in [-0.25, -0.2) is 0 Å². The number of carboxylic acid groups (broad SMARTS) is 1. The lowest BCUT2D eigenvalue weighted by molar-refractivity contribution is -0.384. The average molecular weight is 344 g/mol. The second-order valence-corrected chi connectivity index (χ2v) is 6.05. The van der Waals surface area contributed by atoms with Crippen molar-refractivity contribution in [2.45, 2.75) is 18.9 Å². The first-order chi connectivity index (χ1) is 11.8. The summed E-state index contributed by atoms with van der Waals surface area (Å²) in [5.74, 6) is -1.60. The van der Waals surface area contributed by atoms with Crippen LogP contribution in [0.3, 0.4) is 0 Å². The first-order valence-corrected chi connectivity index (χ1v) is 7.67. The SMILES string of the molecule is Cn1cc(C(=O)NC2CC(C(=O)O)C2)c(-c2ccc([N+](=O)[O-])cc2)n1. The molecular weight excluding hydrogens is 328 g/mol. The van der Waals surface area contributed by atoms with Crippen molar-refractivity contribution < 1.29 is 19.6 Å². The highest BCUT2D eigenvalue weighted by Crippen LogP contribution is 2.29. The van der Waals surface area contributed by atoms with Gasteiger partial charge in [-0.1, -0.05) is 0 Å². The molecular formula is C16H16N4O5. The number of benzene rings is 1. The van der Waals surface area contributed by atoms with E-state index in [-0.39, 0.29) is 17.6 Å². The minimum atomic E-state index is -0.849. The van der Waals surface area contributed by atoms with E-state index in [1.54, 1.807) is 25.4 Å². The molecule has 9 heteroatoms. The van der Waals surface area contributed by atoms with Crippen molar-refractivity contribution in [1.29, 1.82) is 0 Å². The maximum Gasteiger partial charge on any atom is 0.306 e. The molecule has 3 rings (SSSR count). The minimum Gasteiger partial charge on any atom is -0.481 e. The molecule has 1 aliphatic rings. The number of amides is 1. The lowest BCUT2D eigenvalue weighted by Crippen LogP contribution is -2.46. The Bertz CT molecular complexity index is 837. The van der Waals surface area contributed by atoms with Gasteiger partial charge in [0.1, 0.15) is 5.69 Å². The van der Waals surface area contributed by atoms with Crippen LogP contribution in [0.2, 0.25) is 0 Å². The van der Waals surface area contributed by atoms with Crippen LogP contribution in [0, 0.1) is 16.0 Å². The van der Waals surface area contributed by atoms with E-state index in [1.165, 1.54) is 16.8 Å². The molecule has 0 atom stereocenters. The molecule has 0 radical (unpaired) electrons. The van der Waals surface area contributed by atoms with Gasteiger partial charge in [-0.3, -0.25) is 24.4 Å². The predicted octanol–water partition coefficient (Wildman–Crippen LogP) is 1.59. The van der Waals surface area contributed by atoms with E-state index in [9.17, 15) is 19.7 Å². The number of aryl methyl sites for hydroxylation is 1. The highest BCUT2D eigenvalue weighted by atomic mass is 16.6. The number of nitrogens with one attached hydrogen (secondary N) is 1. The molecule has 130 valence electrons. The van der Waals surface area contributed by atoms with Gasteiger partial charge in [-0.2, -0.15) is 5.10 Å². The van der Waals surface area contributed by atoms with E-state index in [2.05, 4.69) is 10.4 Å². The molecule has 0 spiro atoms. The average Bonchev–Trinajstić information content (AvgIpc) is 2.92. The molecule has 1 aliphatic carbocycles. The zero-order valence-corrected chi connectivity index (χ0v) is 13.4. The molecule has 1 aromatic carbocycles. The summed E-state index contributed by atoms with van der Waals surface area (Å²) in [4.78, 5) is 33.6. The quantitative estimate of drug-likeness (QED) is 0.626. The van der Waals surface area contributed by atoms with E-state index >= 15 is 0 Å². The summed E-state index contributed by atoms with van der Waals surface area (Å²) in [5, 5.41) is 26.7. The van der Waals surface area contributed by atoms with Gasteiger partial charge in [0.2, 0.25) is 0 Å². The normalized spacial score (nSPS) is 19.1. The second-order valence-electron chi connectivity index (χ2n) is 6.05. The monoisotopic (exact) mass is 344 g/mol. The van der Waals surface area contributed by atoms with Gasteiger partial charge in [-0.05, 0) is 25.0 Å². The van der Waals surface area contributed by atoms with Gasteiger partial charge in [0.05, 0.1) is 16.4 Å².